The number of benzene rings is 2. The lowest BCUT2D eigenvalue weighted by Crippen LogP contribution is -2.37. The highest BCUT2D eigenvalue weighted by atomic mass is 16.5. The lowest BCUT2D eigenvalue weighted by molar-refractivity contribution is 0.0937. The third-order valence-electron chi connectivity index (χ3n) is 5.02. The van der Waals surface area contributed by atoms with E-state index in [9.17, 15) is 4.79 Å². The van der Waals surface area contributed by atoms with Crippen molar-refractivity contribution in [2.45, 2.75) is 18.9 Å². The Balaban J connectivity index is 1.69. The summed E-state index contributed by atoms with van der Waals surface area (Å²) in [6, 6.07) is 15.3. The Bertz CT molecular complexity index is 783. The van der Waals surface area contributed by atoms with Gasteiger partial charge in [0.15, 0.2) is 0 Å². The number of rotatable bonds is 9. The minimum atomic E-state index is -0.0886. The molecule has 1 amide bonds. The van der Waals surface area contributed by atoms with E-state index in [4.69, 9.17) is 9.47 Å². The van der Waals surface area contributed by atoms with Gasteiger partial charge in [0.2, 0.25) is 0 Å². The van der Waals surface area contributed by atoms with Crippen molar-refractivity contribution in [1.29, 1.82) is 0 Å². The van der Waals surface area contributed by atoms with Crippen molar-refractivity contribution in [2.75, 3.05) is 33.4 Å². The highest BCUT2D eigenvalue weighted by Crippen LogP contribution is 2.31. The number of carbonyl (C=O) groups excluding carboxylic acids is 1. The van der Waals surface area contributed by atoms with Crippen LogP contribution in [0.2, 0.25) is 0 Å². The summed E-state index contributed by atoms with van der Waals surface area (Å²) in [5.41, 5.74) is 1.73. The van der Waals surface area contributed by atoms with E-state index in [2.05, 4.69) is 22.9 Å². The molecular formula is C23H28N2O3. The summed E-state index contributed by atoms with van der Waals surface area (Å²) in [7, 11) is 1.69. The van der Waals surface area contributed by atoms with Crippen LogP contribution in [0.5, 0.6) is 11.5 Å². The molecule has 5 nitrogen and oxygen atoms in total. The Hall–Kier alpha value is -2.79. The van der Waals surface area contributed by atoms with E-state index in [0.29, 0.717) is 18.7 Å². The minimum absolute atomic E-state index is 0.0886. The van der Waals surface area contributed by atoms with Gasteiger partial charge in [-0.05, 0) is 56.3 Å². The zero-order valence-electron chi connectivity index (χ0n) is 16.4. The van der Waals surface area contributed by atoms with E-state index in [1.54, 1.807) is 37.5 Å². The zero-order chi connectivity index (χ0) is 19.8. The quantitative estimate of drug-likeness (QED) is 0.672. The second-order valence-electron chi connectivity index (χ2n) is 6.83. The molecule has 0 spiro atoms. The first-order valence-electron chi connectivity index (χ1n) is 9.72. The third kappa shape index (κ3) is 4.93. The molecule has 2 aromatic rings. The number of carbonyl (C=O) groups is 1. The van der Waals surface area contributed by atoms with Crippen molar-refractivity contribution >= 4 is 5.91 Å². The van der Waals surface area contributed by atoms with Gasteiger partial charge >= 0.3 is 0 Å². The summed E-state index contributed by atoms with van der Waals surface area (Å²) in [6.07, 6.45) is 4.06. The van der Waals surface area contributed by atoms with Gasteiger partial charge in [0.05, 0.1) is 13.2 Å². The molecule has 0 aromatic heterocycles. The molecule has 0 aliphatic carbocycles. The third-order valence-corrected chi connectivity index (χ3v) is 5.02. The van der Waals surface area contributed by atoms with Gasteiger partial charge in [0, 0.05) is 17.7 Å². The maximum Gasteiger partial charge on any atom is 0.251 e. The molecule has 28 heavy (non-hydrogen) atoms. The molecule has 1 atom stereocenters. The molecule has 1 aliphatic heterocycles. The van der Waals surface area contributed by atoms with Crippen LogP contribution in [0.15, 0.2) is 61.2 Å². The Morgan fingerprint density at radius 2 is 1.89 bits per heavy atom. The molecule has 1 N–H and O–H groups in total. The van der Waals surface area contributed by atoms with Crippen molar-refractivity contribution in [3.8, 4) is 11.5 Å². The topological polar surface area (TPSA) is 50.8 Å². The molecule has 0 bridgehead atoms. The maximum absolute atomic E-state index is 12.7. The van der Waals surface area contributed by atoms with Gasteiger partial charge in [-0.3, -0.25) is 9.69 Å². The van der Waals surface area contributed by atoms with E-state index in [1.807, 2.05) is 18.2 Å². The van der Waals surface area contributed by atoms with Gasteiger partial charge in [-0.2, -0.15) is 0 Å². The molecule has 1 unspecified atom stereocenters. The fourth-order valence-corrected chi connectivity index (χ4v) is 3.58. The molecule has 1 heterocycles. The Kier molecular flexibility index (Phi) is 7.09. The number of hydrogen-bond acceptors (Lipinski definition) is 4. The average Bonchev–Trinajstić information content (AvgIpc) is 3.27. The van der Waals surface area contributed by atoms with Gasteiger partial charge in [0.1, 0.15) is 18.1 Å². The van der Waals surface area contributed by atoms with Crippen LogP contribution in [0.1, 0.15) is 34.8 Å². The predicted octanol–water partition coefficient (Wildman–Crippen LogP) is 3.83. The molecule has 2 aromatic carbocycles. The van der Waals surface area contributed by atoms with Gasteiger partial charge in [-0.25, -0.2) is 0 Å². The number of hydrogen-bond donors (Lipinski definition) is 1. The number of ether oxygens (including phenoxy) is 2. The normalized spacial score (nSPS) is 15.0. The fourth-order valence-electron chi connectivity index (χ4n) is 3.58. The first kappa shape index (κ1) is 20.0. The summed E-state index contributed by atoms with van der Waals surface area (Å²) in [5, 5.41) is 3.10. The van der Waals surface area contributed by atoms with Gasteiger partial charge in [-0.15, -0.1) is 0 Å². The molecule has 1 saturated heterocycles. The Morgan fingerprint density at radius 3 is 2.57 bits per heavy atom. The van der Waals surface area contributed by atoms with E-state index in [0.717, 1.165) is 30.2 Å². The van der Waals surface area contributed by atoms with Crippen molar-refractivity contribution in [3.63, 3.8) is 0 Å². The Morgan fingerprint density at radius 1 is 1.18 bits per heavy atom. The molecule has 0 radical (unpaired) electrons. The largest absolute Gasteiger partial charge is 0.496 e. The summed E-state index contributed by atoms with van der Waals surface area (Å²) < 4.78 is 11.0. The van der Waals surface area contributed by atoms with Crippen molar-refractivity contribution in [1.82, 2.24) is 10.2 Å². The maximum atomic E-state index is 12.7. The van der Waals surface area contributed by atoms with E-state index >= 15 is 0 Å². The van der Waals surface area contributed by atoms with E-state index < -0.39 is 0 Å². The fraction of sp³-hybridized carbons (Fsp3) is 0.348. The van der Waals surface area contributed by atoms with Crippen LogP contribution in [0.25, 0.3) is 0 Å². The second-order valence-corrected chi connectivity index (χ2v) is 6.83. The van der Waals surface area contributed by atoms with E-state index in [1.165, 1.54) is 12.8 Å². The summed E-state index contributed by atoms with van der Waals surface area (Å²) >= 11 is 0. The lowest BCUT2D eigenvalue weighted by Gasteiger charge is -2.29. The summed E-state index contributed by atoms with van der Waals surface area (Å²) in [6.45, 7) is 6.68. The van der Waals surface area contributed by atoms with Gasteiger partial charge in [0.25, 0.3) is 5.91 Å². The van der Waals surface area contributed by atoms with Gasteiger partial charge in [-0.1, -0.05) is 30.9 Å². The first-order valence-corrected chi connectivity index (χ1v) is 9.72. The molecule has 0 saturated carbocycles. The smallest absolute Gasteiger partial charge is 0.251 e. The molecule has 3 rings (SSSR count). The van der Waals surface area contributed by atoms with Crippen molar-refractivity contribution in [2.24, 2.45) is 0 Å². The molecule has 5 heteroatoms. The minimum Gasteiger partial charge on any atom is -0.496 e. The van der Waals surface area contributed by atoms with Crippen LogP contribution in [-0.4, -0.2) is 44.2 Å². The highest BCUT2D eigenvalue weighted by Gasteiger charge is 2.26. The number of para-hydroxylation sites is 1. The van der Waals surface area contributed by atoms with Crippen LogP contribution < -0.4 is 14.8 Å². The lowest BCUT2D eigenvalue weighted by atomic mass is 10.0. The zero-order valence-corrected chi connectivity index (χ0v) is 16.4. The average molecular weight is 380 g/mol. The predicted molar refractivity (Wildman–Crippen MR) is 111 cm³/mol. The van der Waals surface area contributed by atoms with Crippen molar-refractivity contribution in [3.05, 3.63) is 72.3 Å². The van der Waals surface area contributed by atoms with Crippen LogP contribution >= 0.6 is 0 Å². The summed E-state index contributed by atoms with van der Waals surface area (Å²) in [5.74, 6) is 1.49. The highest BCUT2D eigenvalue weighted by molar-refractivity contribution is 5.94. The second kappa shape index (κ2) is 9.95. The Labute approximate surface area is 167 Å². The van der Waals surface area contributed by atoms with E-state index in [-0.39, 0.29) is 11.9 Å². The van der Waals surface area contributed by atoms with Crippen LogP contribution in [-0.2, 0) is 0 Å². The summed E-state index contributed by atoms with van der Waals surface area (Å²) in [4.78, 5) is 15.1. The number of amides is 1. The van der Waals surface area contributed by atoms with Crippen LogP contribution in [0.4, 0.5) is 0 Å². The standard InChI is InChI=1S/C23H28N2O3/c1-3-16-28-19-12-10-18(11-13-19)23(26)24-17-21(25-14-6-7-15-25)20-8-4-5-9-22(20)27-2/h3-5,8-13,21H,1,6-7,14-17H2,2H3,(H,24,26). The van der Waals surface area contributed by atoms with Crippen molar-refractivity contribution < 1.29 is 14.3 Å². The molecular weight excluding hydrogens is 352 g/mol. The van der Waals surface area contributed by atoms with Gasteiger partial charge < -0.3 is 14.8 Å². The number of likely N-dealkylation sites (tertiary alicyclic amines) is 1. The number of methoxy groups -OCH3 is 1. The first-order chi connectivity index (χ1) is 13.7. The number of nitrogens with zero attached hydrogens (tertiary/aromatic N) is 1. The molecule has 1 aliphatic rings. The monoisotopic (exact) mass is 380 g/mol. The molecule has 148 valence electrons. The van der Waals surface area contributed by atoms with Crippen LogP contribution in [0.3, 0.4) is 0 Å². The SMILES string of the molecule is C=CCOc1ccc(C(=O)NCC(c2ccccc2OC)N2CCCC2)cc1. The number of nitrogens with one attached hydrogen (secondary N) is 1. The van der Waals surface area contributed by atoms with Crippen LogP contribution in [0, 0.1) is 0 Å². The molecule has 1 fully saturated rings.